The van der Waals surface area contributed by atoms with Gasteiger partial charge in [-0.1, -0.05) is 30.3 Å². The van der Waals surface area contributed by atoms with Gasteiger partial charge in [-0.3, -0.25) is 9.78 Å². The molecule has 1 atom stereocenters. The molecule has 0 aliphatic rings. The van der Waals surface area contributed by atoms with Crippen LogP contribution >= 0.6 is 11.3 Å². The highest BCUT2D eigenvalue weighted by Gasteiger charge is 2.24. The molecule has 3 aromatic rings. The summed E-state index contributed by atoms with van der Waals surface area (Å²) in [6.07, 6.45) is 4.94. The molecule has 0 saturated carbocycles. The number of hydrogen-bond donors (Lipinski definition) is 2. The summed E-state index contributed by atoms with van der Waals surface area (Å²) in [7, 11) is 0. The summed E-state index contributed by atoms with van der Waals surface area (Å²) in [5, 5.41) is 16.1. The van der Waals surface area contributed by atoms with Crippen molar-refractivity contribution >= 4 is 34.2 Å². The first-order chi connectivity index (χ1) is 11.6. The number of para-hydroxylation sites is 1. The van der Waals surface area contributed by atoms with E-state index in [0.717, 1.165) is 21.3 Å². The van der Waals surface area contributed by atoms with E-state index in [1.165, 1.54) is 17.4 Å². The molecule has 24 heavy (non-hydrogen) atoms. The number of rotatable bonds is 5. The van der Waals surface area contributed by atoms with Crippen LogP contribution in [-0.4, -0.2) is 22.5 Å². The second-order valence-electron chi connectivity index (χ2n) is 5.72. The van der Waals surface area contributed by atoms with E-state index in [-0.39, 0.29) is 12.5 Å². The van der Waals surface area contributed by atoms with Crippen molar-refractivity contribution in [1.29, 1.82) is 0 Å². The highest BCUT2D eigenvalue weighted by Crippen LogP contribution is 2.24. The quantitative estimate of drug-likeness (QED) is 0.702. The molecule has 4 nitrogen and oxygen atoms in total. The van der Waals surface area contributed by atoms with Gasteiger partial charge in [-0.15, -0.1) is 11.3 Å². The molecule has 0 bridgehead atoms. The Bertz CT molecular complexity index is 865. The summed E-state index contributed by atoms with van der Waals surface area (Å²) < 4.78 is 0. The summed E-state index contributed by atoms with van der Waals surface area (Å²) in [5.74, 6) is -0.250. The van der Waals surface area contributed by atoms with E-state index in [0.29, 0.717) is 0 Å². The van der Waals surface area contributed by atoms with Crippen LogP contribution in [0.15, 0.2) is 60.1 Å². The molecule has 0 saturated heterocycles. The molecule has 2 aromatic heterocycles. The lowest BCUT2D eigenvalue weighted by molar-refractivity contribution is -0.117. The van der Waals surface area contributed by atoms with Crippen LogP contribution in [0.1, 0.15) is 17.4 Å². The molecule has 1 amide bonds. The largest absolute Gasteiger partial charge is 0.383 e. The highest BCUT2D eigenvalue weighted by molar-refractivity contribution is 7.10. The number of thiophene rings is 1. The fourth-order valence-corrected chi connectivity index (χ4v) is 3.20. The number of amides is 1. The minimum Gasteiger partial charge on any atom is -0.383 e. The number of aromatic nitrogens is 1. The third-order valence-electron chi connectivity index (χ3n) is 3.74. The van der Waals surface area contributed by atoms with Gasteiger partial charge in [-0.25, -0.2) is 0 Å². The maximum absolute atomic E-state index is 12.0. The highest BCUT2D eigenvalue weighted by atomic mass is 32.1. The van der Waals surface area contributed by atoms with Crippen LogP contribution in [0.25, 0.3) is 17.0 Å². The van der Waals surface area contributed by atoms with Crippen LogP contribution in [0.4, 0.5) is 0 Å². The van der Waals surface area contributed by atoms with E-state index >= 15 is 0 Å². The lowest BCUT2D eigenvalue weighted by Crippen LogP contribution is -2.37. The third kappa shape index (κ3) is 3.69. The van der Waals surface area contributed by atoms with Crippen molar-refractivity contribution in [2.75, 3.05) is 6.54 Å². The Labute approximate surface area is 144 Å². The summed E-state index contributed by atoms with van der Waals surface area (Å²) >= 11 is 1.47. The van der Waals surface area contributed by atoms with Crippen LogP contribution < -0.4 is 5.32 Å². The normalized spacial score (nSPS) is 13.9. The number of nitrogens with one attached hydrogen (secondary N) is 1. The number of hydrogen-bond acceptors (Lipinski definition) is 4. The Kier molecular flexibility index (Phi) is 4.74. The Balaban J connectivity index is 1.67. The molecule has 1 aromatic carbocycles. The van der Waals surface area contributed by atoms with Crippen LogP contribution in [0, 0.1) is 0 Å². The Hall–Kier alpha value is -2.50. The molecule has 2 heterocycles. The Morgan fingerprint density at radius 3 is 2.92 bits per heavy atom. The van der Waals surface area contributed by atoms with Crippen molar-refractivity contribution in [3.8, 4) is 0 Å². The topological polar surface area (TPSA) is 62.2 Å². The SMILES string of the molecule is C[C@](O)(CNC(=O)/C=C/c1cccc2cccnc12)c1cccs1. The van der Waals surface area contributed by atoms with E-state index in [4.69, 9.17) is 0 Å². The smallest absolute Gasteiger partial charge is 0.244 e. The van der Waals surface area contributed by atoms with Crippen molar-refractivity contribution in [3.05, 3.63) is 70.6 Å². The lowest BCUT2D eigenvalue weighted by Gasteiger charge is -2.21. The van der Waals surface area contributed by atoms with Crippen molar-refractivity contribution in [2.24, 2.45) is 0 Å². The van der Waals surface area contributed by atoms with E-state index in [1.807, 2.05) is 47.8 Å². The first-order valence-electron chi connectivity index (χ1n) is 7.62. The van der Waals surface area contributed by atoms with E-state index in [2.05, 4.69) is 10.3 Å². The van der Waals surface area contributed by atoms with Gasteiger partial charge in [0, 0.05) is 28.1 Å². The Morgan fingerprint density at radius 1 is 1.29 bits per heavy atom. The first-order valence-corrected chi connectivity index (χ1v) is 8.50. The van der Waals surface area contributed by atoms with Gasteiger partial charge in [0.25, 0.3) is 0 Å². The molecule has 0 unspecified atom stereocenters. The van der Waals surface area contributed by atoms with Gasteiger partial charge in [0.15, 0.2) is 0 Å². The van der Waals surface area contributed by atoms with Gasteiger partial charge in [-0.05, 0) is 30.5 Å². The zero-order valence-electron chi connectivity index (χ0n) is 13.3. The van der Waals surface area contributed by atoms with Crippen molar-refractivity contribution in [3.63, 3.8) is 0 Å². The maximum Gasteiger partial charge on any atom is 0.244 e. The van der Waals surface area contributed by atoms with Gasteiger partial charge < -0.3 is 10.4 Å². The van der Waals surface area contributed by atoms with Crippen LogP contribution in [0.2, 0.25) is 0 Å². The lowest BCUT2D eigenvalue weighted by atomic mass is 10.1. The molecule has 2 N–H and O–H groups in total. The van der Waals surface area contributed by atoms with Crippen molar-refractivity contribution in [2.45, 2.75) is 12.5 Å². The minimum atomic E-state index is -1.07. The van der Waals surface area contributed by atoms with Gasteiger partial charge in [0.1, 0.15) is 5.60 Å². The zero-order valence-corrected chi connectivity index (χ0v) is 14.1. The maximum atomic E-state index is 12.0. The van der Waals surface area contributed by atoms with Gasteiger partial charge in [-0.2, -0.15) is 0 Å². The fourth-order valence-electron chi connectivity index (χ4n) is 2.42. The van der Waals surface area contributed by atoms with Crippen LogP contribution in [-0.2, 0) is 10.4 Å². The average molecular weight is 338 g/mol. The predicted octanol–water partition coefficient (Wildman–Crippen LogP) is 3.33. The summed E-state index contributed by atoms with van der Waals surface area (Å²) in [4.78, 5) is 17.2. The molecule has 5 heteroatoms. The summed E-state index contributed by atoms with van der Waals surface area (Å²) in [5.41, 5.74) is 0.668. The molecule has 0 aliphatic heterocycles. The fraction of sp³-hybridized carbons (Fsp3) is 0.158. The molecule has 0 radical (unpaired) electrons. The van der Waals surface area contributed by atoms with Crippen molar-refractivity contribution in [1.82, 2.24) is 10.3 Å². The average Bonchev–Trinajstić information content (AvgIpc) is 3.14. The zero-order chi connectivity index (χ0) is 17.0. The molecule has 3 rings (SSSR count). The van der Waals surface area contributed by atoms with Gasteiger partial charge >= 0.3 is 0 Å². The van der Waals surface area contributed by atoms with Gasteiger partial charge in [0.05, 0.1) is 12.1 Å². The van der Waals surface area contributed by atoms with E-state index in [1.54, 1.807) is 19.2 Å². The molecule has 0 spiro atoms. The summed E-state index contributed by atoms with van der Waals surface area (Å²) in [6.45, 7) is 1.85. The van der Waals surface area contributed by atoms with Crippen LogP contribution in [0.3, 0.4) is 0 Å². The number of carbonyl (C=O) groups excluding carboxylic acids is 1. The molecule has 0 fully saturated rings. The first kappa shape index (κ1) is 16.4. The standard InChI is InChI=1S/C19H18N2O2S/c1-19(23,16-8-4-12-24-16)13-21-17(22)10-9-15-6-2-5-14-7-3-11-20-18(14)15/h2-12,23H,13H2,1H3,(H,21,22)/b10-9+/t19-/m0/s1. The Morgan fingerprint density at radius 2 is 2.12 bits per heavy atom. The van der Waals surface area contributed by atoms with E-state index in [9.17, 15) is 9.90 Å². The number of aliphatic hydroxyl groups is 1. The minimum absolute atomic E-state index is 0.157. The molecule has 122 valence electrons. The van der Waals surface area contributed by atoms with Gasteiger partial charge in [0.2, 0.25) is 5.91 Å². The second-order valence-corrected chi connectivity index (χ2v) is 6.67. The molecular formula is C19H18N2O2S. The number of carbonyl (C=O) groups is 1. The number of fused-ring (bicyclic) bond motifs is 1. The summed E-state index contributed by atoms with van der Waals surface area (Å²) in [6, 6.07) is 13.4. The second kappa shape index (κ2) is 6.95. The number of benzene rings is 1. The molecule has 0 aliphatic carbocycles. The third-order valence-corrected chi connectivity index (χ3v) is 4.86. The number of pyridine rings is 1. The molecular weight excluding hydrogens is 320 g/mol. The monoisotopic (exact) mass is 338 g/mol. The number of nitrogens with zero attached hydrogens (tertiary/aromatic N) is 1. The predicted molar refractivity (Wildman–Crippen MR) is 97.7 cm³/mol. The van der Waals surface area contributed by atoms with E-state index < -0.39 is 5.60 Å². The van der Waals surface area contributed by atoms with Crippen LogP contribution in [0.5, 0.6) is 0 Å². The van der Waals surface area contributed by atoms with Crippen molar-refractivity contribution < 1.29 is 9.90 Å².